The van der Waals surface area contributed by atoms with Gasteiger partial charge in [-0.2, -0.15) is 4.98 Å². The highest BCUT2D eigenvalue weighted by Crippen LogP contribution is 2.28. The van der Waals surface area contributed by atoms with Crippen molar-refractivity contribution < 1.29 is 19.8 Å². The van der Waals surface area contributed by atoms with E-state index in [0.29, 0.717) is 5.52 Å². The van der Waals surface area contributed by atoms with E-state index < -0.39 is 51.0 Å². The molecule has 0 atom stereocenters. The van der Waals surface area contributed by atoms with Crippen LogP contribution in [-0.2, 0) is 11.8 Å². The quantitative estimate of drug-likeness (QED) is 0.218. The van der Waals surface area contributed by atoms with Crippen LogP contribution in [0.1, 0.15) is 22.8 Å². The number of hydrogen-bond acceptors (Lipinski definition) is 7. The van der Waals surface area contributed by atoms with Crippen molar-refractivity contribution in [2.75, 3.05) is 0 Å². The number of benzene rings is 1. The molecule has 0 aliphatic carbocycles. The fourth-order valence-corrected chi connectivity index (χ4v) is 3.51. The number of aromatic nitrogens is 3. The average molecular weight is 431 g/mol. The Hall–Kier alpha value is -4.53. The van der Waals surface area contributed by atoms with Gasteiger partial charge in [0, 0.05) is 18.6 Å². The summed E-state index contributed by atoms with van der Waals surface area (Å²) in [5, 5.41) is 21.2. The maximum atomic E-state index is 13.2. The Morgan fingerprint density at radius 2 is 1.69 bits per heavy atom. The highest BCUT2D eigenvalue weighted by atomic mass is 16.3. The lowest BCUT2D eigenvalue weighted by Crippen LogP contribution is -2.27. The second kappa shape index (κ2) is 7.62. The number of ketones is 2. The predicted octanol–water partition coefficient (Wildman–Crippen LogP) is 1.81. The first-order valence-electron chi connectivity index (χ1n) is 9.50. The van der Waals surface area contributed by atoms with E-state index in [1.807, 2.05) is 0 Å². The normalized spacial score (nSPS) is 11.8. The molecule has 32 heavy (non-hydrogen) atoms. The van der Waals surface area contributed by atoms with Gasteiger partial charge in [-0.1, -0.05) is 18.2 Å². The number of nitrogens with zero attached hydrogens (tertiary/aromatic N) is 3. The van der Waals surface area contributed by atoms with E-state index in [4.69, 9.17) is 0 Å². The molecule has 0 radical (unpaired) electrons. The smallest absolute Gasteiger partial charge is 0.269 e. The van der Waals surface area contributed by atoms with Crippen LogP contribution < -0.4 is 11.1 Å². The van der Waals surface area contributed by atoms with Crippen molar-refractivity contribution in [3.05, 3.63) is 86.1 Å². The lowest BCUT2D eigenvalue weighted by Gasteiger charge is -2.12. The lowest BCUT2D eigenvalue weighted by molar-refractivity contribution is -0.113. The number of carbonyl (C=O) groups excluding carboxylic acids is 2. The van der Waals surface area contributed by atoms with E-state index in [1.165, 1.54) is 29.9 Å². The summed E-state index contributed by atoms with van der Waals surface area (Å²) in [6, 6.07) is 11.1. The van der Waals surface area contributed by atoms with Gasteiger partial charge in [0.1, 0.15) is 22.5 Å². The zero-order valence-electron chi connectivity index (χ0n) is 17.1. The second-order valence-electron chi connectivity index (χ2n) is 7.13. The molecule has 9 nitrogen and oxygen atoms in total. The third kappa shape index (κ3) is 3.16. The molecule has 3 aromatic heterocycles. The molecule has 0 bridgehead atoms. The minimum atomic E-state index is -1.07. The molecule has 2 N–H and O–H groups in total. The van der Waals surface area contributed by atoms with Gasteiger partial charge in [-0.15, -0.1) is 0 Å². The SMILES string of the molecule is CC(=O)C(=Cc1c(O)nc2ccccn2c1=O)C(=O)c1c(O)c2ccccc2n(C)c1=O. The maximum absolute atomic E-state index is 13.2. The zero-order valence-corrected chi connectivity index (χ0v) is 17.1. The van der Waals surface area contributed by atoms with Gasteiger partial charge in [0.05, 0.1) is 11.1 Å². The van der Waals surface area contributed by atoms with Gasteiger partial charge < -0.3 is 14.8 Å². The largest absolute Gasteiger partial charge is 0.506 e. The number of aryl methyl sites for hydroxylation is 1. The van der Waals surface area contributed by atoms with Gasteiger partial charge in [0.25, 0.3) is 11.1 Å². The van der Waals surface area contributed by atoms with E-state index in [0.717, 1.165) is 17.4 Å². The summed E-state index contributed by atoms with van der Waals surface area (Å²) in [5.74, 6) is -3.08. The summed E-state index contributed by atoms with van der Waals surface area (Å²) in [6.45, 7) is 1.08. The summed E-state index contributed by atoms with van der Waals surface area (Å²) in [7, 11) is 1.43. The minimum Gasteiger partial charge on any atom is -0.506 e. The first-order chi connectivity index (χ1) is 15.2. The summed E-state index contributed by atoms with van der Waals surface area (Å²) in [5.41, 5.74) is -2.52. The average Bonchev–Trinajstić information content (AvgIpc) is 2.77. The van der Waals surface area contributed by atoms with Crippen molar-refractivity contribution in [1.29, 1.82) is 0 Å². The van der Waals surface area contributed by atoms with Gasteiger partial charge in [0.15, 0.2) is 5.78 Å². The maximum Gasteiger partial charge on any atom is 0.269 e. The fourth-order valence-electron chi connectivity index (χ4n) is 3.51. The van der Waals surface area contributed by atoms with Crippen molar-refractivity contribution >= 4 is 34.2 Å². The van der Waals surface area contributed by atoms with E-state index in [2.05, 4.69) is 4.98 Å². The number of allylic oxidation sites excluding steroid dienone is 1. The van der Waals surface area contributed by atoms with Crippen molar-refractivity contribution in [1.82, 2.24) is 14.0 Å². The Labute approximate surface area is 180 Å². The molecule has 4 aromatic rings. The van der Waals surface area contributed by atoms with E-state index in [9.17, 15) is 29.4 Å². The molecule has 0 unspecified atom stereocenters. The van der Waals surface area contributed by atoms with Crippen LogP contribution in [0.15, 0.2) is 63.8 Å². The molecular weight excluding hydrogens is 414 g/mol. The van der Waals surface area contributed by atoms with Crippen LogP contribution in [0.4, 0.5) is 0 Å². The minimum absolute atomic E-state index is 0.170. The van der Waals surface area contributed by atoms with Crippen LogP contribution in [0.25, 0.3) is 22.6 Å². The van der Waals surface area contributed by atoms with E-state index in [-0.39, 0.29) is 11.0 Å². The molecule has 9 heteroatoms. The number of Topliss-reactive ketones (excluding diaryl/α,β-unsaturated/α-hetero) is 2. The number of carbonyl (C=O) groups is 2. The Balaban J connectivity index is 1.98. The Morgan fingerprint density at radius 3 is 2.41 bits per heavy atom. The lowest BCUT2D eigenvalue weighted by atomic mass is 9.97. The molecule has 0 saturated carbocycles. The first-order valence-corrected chi connectivity index (χ1v) is 9.50. The number of para-hydroxylation sites is 1. The number of fused-ring (bicyclic) bond motifs is 2. The highest BCUT2D eigenvalue weighted by molar-refractivity contribution is 6.29. The van der Waals surface area contributed by atoms with Crippen molar-refractivity contribution in [2.24, 2.45) is 7.05 Å². The Kier molecular flexibility index (Phi) is 4.94. The molecule has 160 valence electrons. The summed E-state index contributed by atoms with van der Waals surface area (Å²) >= 11 is 0. The Morgan fingerprint density at radius 1 is 1.00 bits per heavy atom. The molecule has 0 fully saturated rings. The van der Waals surface area contributed by atoms with Crippen LogP contribution >= 0.6 is 0 Å². The van der Waals surface area contributed by atoms with Gasteiger partial charge in [-0.3, -0.25) is 23.6 Å². The Bertz CT molecular complexity index is 1590. The summed E-state index contributed by atoms with van der Waals surface area (Å²) in [6.07, 6.45) is 2.31. The molecule has 4 rings (SSSR count). The topological polar surface area (TPSA) is 131 Å². The first kappa shape index (κ1) is 20.7. The molecule has 3 heterocycles. The van der Waals surface area contributed by atoms with Crippen LogP contribution in [-0.4, -0.2) is 35.7 Å². The number of rotatable bonds is 4. The molecule has 0 aliphatic rings. The molecule has 0 spiro atoms. The number of hydrogen-bond donors (Lipinski definition) is 2. The van der Waals surface area contributed by atoms with Gasteiger partial charge in [0.2, 0.25) is 11.7 Å². The molecule has 1 aromatic carbocycles. The standard InChI is InChI=1S/C23H17N3O6/c1-12(27)14(11-15-21(30)24-17-9-5-6-10-26(17)22(15)31)20(29)18-19(28)13-7-3-4-8-16(13)25(2)23(18)32/h3-11,28,30H,1-2H3. The third-order valence-electron chi connectivity index (χ3n) is 5.16. The highest BCUT2D eigenvalue weighted by Gasteiger charge is 2.27. The van der Waals surface area contributed by atoms with Crippen molar-refractivity contribution in [3.8, 4) is 11.6 Å². The van der Waals surface area contributed by atoms with Crippen LogP contribution in [0.2, 0.25) is 0 Å². The van der Waals surface area contributed by atoms with Crippen molar-refractivity contribution in [2.45, 2.75) is 6.92 Å². The van der Waals surface area contributed by atoms with Gasteiger partial charge in [-0.25, -0.2) is 0 Å². The number of aromatic hydroxyl groups is 2. The second-order valence-corrected chi connectivity index (χ2v) is 7.13. The van der Waals surface area contributed by atoms with Crippen molar-refractivity contribution in [3.63, 3.8) is 0 Å². The van der Waals surface area contributed by atoms with Crippen LogP contribution in [0.5, 0.6) is 11.6 Å². The molecule has 0 saturated heterocycles. The van der Waals surface area contributed by atoms with E-state index >= 15 is 0 Å². The third-order valence-corrected chi connectivity index (χ3v) is 5.16. The number of pyridine rings is 2. The monoisotopic (exact) mass is 431 g/mol. The van der Waals surface area contributed by atoms with E-state index in [1.54, 1.807) is 30.3 Å². The van der Waals surface area contributed by atoms with Gasteiger partial charge >= 0.3 is 0 Å². The molecular formula is C23H17N3O6. The molecule has 0 aliphatic heterocycles. The summed E-state index contributed by atoms with van der Waals surface area (Å²) < 4.78 is 2.32. The molecule has 0 amide bonds. The summed E-state index contributed by atoms with van der Waals surface area (Å²) in [4.78, 5) is 55.1. The zero-order chi connectivity index (χ0) is 23.2. The van der Waals surface area contributed by atoms with Crippen LogP contribution in [0, 0.1) is 0 Å². The van der Waals surface area contributed by atoms with Crippen LogP contribution in [0.3, 0.4) is 0 Å². The fraction of sp³-hybridized carbons (Fsp3) is 0.0870. The van der Waals surface area contributed by atoms with Gasteiger partial charge in [-0.05, 0) is 37.3 Å². The predicted molar refractivity (Wildman–Crippen MR) is 117 cm³/mol.